The molecular formula is C14H17F2NO2. The summed E-state index contributed by atoms with van der Waals surface area (Å²) in [6.07, 6.45) is 1.78. The molecule has 1 aromatic carbocycles. The van der Waals surface area contributed by atoms with E-state index >= 15 is 0 Å². The van der Waals surface area contributed by atoms with Crippen LogP contribution in [0.25, 0.3) is 0 Å². The Hall–Kier alpha value is -1.33. The molecule has 2 unspecified atom stereocenters. The number of nitrogens with zero attached hydrogens (tertiary/aromatic N) is 1. The van der Waals surface area contributed by atoms with Gasteiger partial charge in [0, 0.05) is 11.6 Å². The van der Waals surface area contributed by atoms with Crippen LogP contribution in [-0.2, 0) is 0 Å². The van der Waals surface area contributed by atoms with Crippen molar-refractivity contribution >= 4 is 5.78 Å². The molecule has 1 aliphatic heterocycles. The molecule has 0 bridgehead atoms. The summed E-state index contributed by atoms with van der Waals surface area (Å²) >= 11 is 0. The third-order valence-corrected chi connectivity index (χ3v) is 3.71. The fourth-order valence-corrected chi connectivity index (χ4v) is 2.61. The molecule has 0 aromatic heterocycles. The summed E-state index contributed by atoms with van der Waals surface area (Å²) < 4.78 is 26.0. The van der Waals surface area contributed by atoms with Crippen LogP contribution in [0.2, 0.25) is 0 Å². The van der Waals surface area contributed by atoms with Gasteiger partial charge >= 0.3 is 0 Å². The van der Waals surface area contributed by atoms with Crippen molar-refractivity contribution in [1.29, 1.82) is 0 Å². The molecule has 2 atom stereocenters. The highest BCUT2D eigenvalue weighted by atomic mass is 19.2. The first kappa shape index (κ1) is 14.1. The summed E-state index contributed by atoms with van der Waals surface area (Å²) in [4.78, 5) is 14.2. The molecule has 2 rings (SSSR count). The molecule has 0 saturated carbocycles. The number of aliphatic hydroxyl groups is 1. The van der Waals surface area contributed by atoms with Gasteiger partial charge in [0.25, 0.3) is 0 Å². The van der Waals surface area contributed by atoms with E-state index < -0.39 is 17.7 Å². The molecule has 104 valence electrons. The summed E-state index contributed by atoms with van der Waals surface area (Å²) in [5.74, 6) is -2.23. The number of rotatable bonds is 4. The molecule has 5 heteroatoms. The van der Waals surface area contributed by atoms with Crippen LogP contribution >= 0.6 is 0 Å². The molecule has 3 nitrogen and oxygen atoms in total. The molecule has 0 amide bonds. The Morgan fingerprint density at radius 1 is 1.47 bits per heavy atom. The third-order valence-electron chi connectivity index (χ3n) is 3.71. The maximum absolute atomic E-state index is 13.1. The van der Waals surface area contributed by atoms with E-state index in [2.05, 4.69) is 0 Å². The zero-order valence-corrected chi connectivity index (χ0v) is 10.8. The lowest BCUT2D eigenvalue weighted by Crippen LogP contribution is -2.43. The lowest BCUT2D eigenvalue weighted by Gasteiger charge is -2.28. The van der Waals surface area contributed by atoms with Gasteiger partial charge in [-0.25, -0.2) is 8.78 Å². The molecule has 1 aromatic rings. The van der Waals surface area contributed by atoms with E-state index in [9.17, 15) is 18.7 Å². The number of hydrogen-bond acceptors (Lipinski definition) is 3. The van der Waals surface area contributed by atoms with Gasteiger partial charge in [0.2, 0.25) is 0 Å². The van der Waals surface area contributed by atoms with E-state index in [0.29, 0.717) is 0 Å². The Morgan fingerprint density at radius 2 is 2.21 bits per heavy atom. The summed E-state index contributed by atoms with van der Waals surface area (Å²) in [5, 5.41) is 9.26. The first-order chi connectivity index (χ1) is 9.04. The predicted octanol–water partition coefficient (Wildman–Crippen LogP) is 1.99. The highest BCUT2D eigenvalue weighted by molar-refractivity contribution is 5.99. The highest BCUT2D eigenvalue weighted by Gasteiger charge is 2.32. The van der Waals surface area contributed by atoms with Crippen LogP contribution in [0.5, 0.6) is 0 Å². The zero-order valence-electron chi connectivity index (χ0n) is 10.8. The van der Waals surface area contributed by atoms with Gasteiger partial charge in [-0.05, 0) is 44.5 Å². The monoisotopic (exact) mass is 269 g/mol. The van der Waals surface area contributed by atoms with Crippen LogP contribution in [0.3, 0.4) is 0 Å². The lowest BCUT2D eigenvalue weighted by molar-refractivity contribution is 0.0757. The van der Waals surface area contributed by atoms with Crippen molar-refractivity contribution < 1.29 is 18.7 Å². The largest absolute Gasteiger partial charge is 0.395 e. The summed E-state index contributed by atoms with van der Waals surface area (Å²) in [5.41, 5.74) is 0.162. The number of hydrogen-bond donors (Lipinski definition) is 1. The molecule has 1 fully saturated rings. The van der Waals surface area contributed by atoms with E-state index in [-0.39, 0.29) is 24.0 Å². The SMILES string of the molecule is CC(C(=O)c1ccc(F)c(F)c1)N1CCCC1CO. The zero-order chi connectivity index (χ0) is 14.0. The summed E-state index contributed by atoms with van der Waals surface area (Å²) in [7, 11) is 0. The number of carbonyl (C=O) groups is 1. The van der Waals surface area contributed by atoms with Crippen LogP contribution in [0.4, 0.5) is 8.78 Å². The van der Waals surface area contributed by atoms with Crippen LogP contribution < -0.4 is 0 Å². The minimum Gasteiger partial charge on any atom is -0.395 e. The van der Waals surface area contributed by atoms with Gasteiger partial charge in [0.05, 0.1) is 12.6 Å². The standard InChI is InChI=1S/C14H17F2NO2/c1-9(17-6-2-3-11(17)8-18)14(19)10-4-5-12(15)13(16)7-10/h4-5,7,9,11,18H,2-3,6,8H2,1H3. The fraction of sp³-hybridized carbons (Fsp3) is 0.500. The second-order valence-electron chi connectivity index (χ2n) is 4.89. The van der Waals surface area contributed by atoms with Crippen molar-refractivity contribution in [2.24, 2.45) is 0 Å². The van der Waals surface area contributed by atoms with Gasteiger partial charge in [0.1, 0.15) is 0 Å². The number of aliphatic hydroxyl groups excluding tert-OH is 1. The fourth-order valence-electron chi connectivity index (χ4n) is 2.61. The number of Topliss-reactive ketones (excluding diaryl/α,β-unsaturated/α-hetero) is 1. The van der Waals surface area contributed by atoms with Gasteiger partial charge in [-0.1, -0.05) is 0 Å². The second-order valence-corrected chi connectivity index (χ2v) is 4.89. The van der Waals surface area contributed by atoms with Crippen LogP contribution in [0.1, 0.15) is 30.1 Å². The molecule has 0 spiro atoms. The van der Waals surface area contributed by atoms with Crippen molar-refractivity contribution in [3.05, 3.63) is 35.4 Å². The Bertz CT molecular complexity index is 479. The number of likely N-dealkylation sites (tertiary alicyclic amines) is 1. The van der Waals surface area contributed by atoms with E-state index in [1.54, 1.807) is 6.92 Å². The van der Waals surface area contributed by atoms with E-state index in [4.69, 9.17) is 0 Å². The molecule has 1 N–H and O–H groups in total. The minimum atomic E-state index is -1.02. The smallest absolute Gasteiger partial charge is 0.179 e. The molecule has 0 aliphatic carbocycles. The molecule has 1 saturated heterocycles. The van der Waals surface area contributed by atoms with Gasteiger partial charge in [0.15, 0.2) is 17.4 Å². The number of carbonyl (C=O) groups excluding carboxylic acids is 1. The Morgan fingerprint density at radius 3 is 2.84 bits per heavy atom. The van der Waals surface area contributed by atoms with Crippen molar-refractivity contribution in [2.75, 3.05) is 13.2 Å². The maximum atomic E-state index is 13.1. The van der Waals surface area contributed by atoms with E-state index in [1.165, 1.54) is 6.07 Å². The number of ketones is 1. The predicted molar refractivity (Wildman–Crippen MR) is 67.0 cm³/mol. The first-order valence-corrected chi connectivity index (χ1v) is 6.40. The average Bonchev–Trinajstić information content (AvgIpc) is 2.88. The van der Waals surface area contributed by atoms with Crippen molar-refractivity contribution in [1.82, 2.24) is 4.90 Å². The van der Waals surface area contributed by atoms with Gasteiger partial charge in [-0.3, -0.25) is 9.69 Å². The quantitative estimate of drug-likeness (QED) is 0.850. The normalized spacial score (nSPS) is 21.6. The average molecular weight is 269 g/mol. The second kappa shape index (κ2) is 5.75. The van der Waals surface area contributed by atoms with Gasteiger partial charge < -0.3 is 5.11 Å². The molecular weight excluding hydrogens is 252 g/mol. The maximum Gasteiger partial charge on any atom is 0.179 e. The van der Waals surface area contributed by atoms with Crippen LogP contribution in [-0.4, -0.2) is 41.0 Å². The number of halogens is 2. The third kappa shape index (κ3) is 2.82. The van der Waals surface area contributed by atoms with Gasteiger partial charge in [-0.2, -0.15) is 0 Å². The van der Waals surface area contributed by atoms with Crippen molar-refractivity contribution in [3.8, 4) is 0 Å². The van der Waals surface area contributed by atoms with Gasteiger partial charge in [-0.15, -0.1) is 0 Å². The Balaban J connectivity index is 2.16. The highest BCUT2D eigenvalue weighted by Crippen LogP contribution is 2.22. The van der Waals surface area contributed by atoms with E-state index in [0.717, 1.165) is 31.5 Å². The molecule has 19 heavy (non-hydrogen) atoms. The Kier molecular flexibility index (Phi) is 4.27. The Labute approximate surface area is 110 Å². The van der Waals surface area contributed by atoms with E-state index in [1.807, 2.05) is 4.90 Å². The first-order valence-electron chi connectivity index (χ1n) is 6.40. The topological polar surface area (TPSA) is 40.5 Å². The molecule has 0 radical (unpaired) electrons. The molecule has 1 aliphatic rings. The summed E-state index contributed by atoms with van der Waals surface area (Å²) in [6.45, 7) is 2.48. The number of benzene rings is 1. The van der Waals surface area contributed by atoms with Crippen molar-refractivity contribution in [2.45, 2.75) is 31.8 Å². The summed E-state index contributed by atoms with van der Waals surface area (Å²) in [6, 6.07) is 2.72. The molecule has 1 heterocycles. The lowest BCUT2D eigenvalue weighted by atomic mass is 10.0. The van der Waals surface area contributed by atoms with Crippen molar-refractivity contribution in [3.63, 3.8) is 0 Å². The van der Waals surface area contributed by atoms with Crippen LogP contribution in [0.15, 0.2) is 18.2 Å². The van der Waals surface area contributed by atoms with Crippen LogP contribution in [0, 0.1) is 11.6 Å². The minimum absolute atomic E-state index is 0.00932.